The monoisotopic (exact) mass is 263 g/mol. The van der Waals surface area contributed by atoms with Gasteiger partial charge in [0.25, 0.3) is 0 Å². The van der Waals surface area contributed by atoms with Crippen LogP contribution in [0.3, 0.4) is 0 Å². The Balaban J connectivity index is 1.93. The summed E-state index contributed by atoms with van der Waals surface area (Å²) < 4.78 is 2.49. The van der Waals surface area contributed by atoms with Crippen molar-refractivity contribution in [2.75, 3.05) is 0 Å². The summed E-state index contributed by atoms with van der Waals surface area (Å²) in [6.45, 7) is 0. The van der Waals surface area contributed by atoms with Crippen molar-refractivity contribution >= 4 is 10.9 Å². The van der Waals surface area contributed by atoms with Gasteiger partial charge in [0.2, 0.25) is 0 Å². The van der Waals surface area contributed by atoms with Crippen LogP contribution in [0.5, 0.6) is 0 Å². The fourth-order valence-electron chi connectivity index (χ4n) is 5.49. The lowest BCUT2D eigenvalue weighted by molar-refractivity contribution is 0.291. The van der Waals surface area contributed by atoms with Crippen molar-refractivity contribution in [3.63, 3.8) is 0 Å². The van der Waals surface area contributed by atoms with Crippen LogP contribution in [0.1, 0.15) is 49.3 Å². The van der Waals surface area contributed by atoms with Crippen LogP contribution in [0.15, 0.2) is 36.4 Å². The molecule has 1 nitrogen and oxygen atoms in total. The molecular formula is C19H21N. The van der Waals surface area contributed by atoms with Gasteiger partial charge in [-0.25, -0.2) is 0 Å². The molecule has 0 unspecified atom stereocenters. The van der Waals surface area contributed by atoms with Crippen LogP contribution in [-0.4, -0.2) is 4.57 Å². The number of benzene rings is 1. The molecule has 1 aromatic carbocycles. The Labute approximate surface area is 120 Å². The maximum atomic E-state index is 2.55. The molecule has 0 aliphatic heterocycles. The van der Waals surface area contributed by atoms with Crippen LogP contribution in [0, 0.1) is 5.92 Å². The second-order valence-corrected chi connectivity index (χ2v) is 7.03. The van der Waals surface area contributed by atoms with Crippen LogP contribution in [0.25, 0.3) is 10.9 Å². The van der Waals surface area contributed by atoms with Gasteiger partial charge in [-0.1, -0.05) is 43.2 Å². The van der Waals surface area contributed by atoms with Gasteiger partial charge in [0.1, 0.15) is 0 Å². The first-order valence-corrected chi connectivity index (χ1v) is 8.07. The van der Waals surface area contributed by atoms with E-state index >= 15 is 0 Å². The number of para-hydroxylation sites is 1. The SMILES string of the molecule is Cn1c2c(c3ccccc31)C1(CCCC1)[C@@H]1C=C[C@H]2C1. The van der Waals surface area contributed by atoms with Crippen molar-refractivity contribution in [3.05, 3.63) is 47.7 Å². The standard InChI is InChI=1S/C19H21N/c1-20-16-7-3-2-6-15(16)17-18(20)13-8-9-14(12-13)19(17)10-4-5-11-19/h2-3,6-9,13-14H,4-5,10-12H2,1H3/t13-,14+/m0/s1. The maximum absolute atomic E-state index is 2.55. The summed E-state index contributed by atoms with van der Waals surface area (Å²) in [5.41, 5.74) is 5.24. The Hall–Kier alpha value is -1.50. The maximum Gasteiger partial charge on any atom is 0.0483 e. The summed E-state index contributed by atoms with van der Waals surface area (Å²) in [6.07, 6.45) is 12.0. The number of aromatic nitrogens is 1. The van der Waals surface area contributed by atoms with E-state index in [2.05, 4.69) is 48.0 Å². The van der Waals surface area contributed by atoms with Gasteiger partial charge in [-0.05, 0) is 36.8 Å². The molecule has 20 heavy (non-hydrogen) atoms. The first-order valence-electron chi connectivity index (χ1n) is 8.07. The quantitative estimate of drug-likeness (QED) is 0.609. The molecule has 2 aromatic rings. The summed E-state index contributed by atoms with van der Waals surface area (Å²) in [6, 6.07) is 9.06. The summed E-state index contributed by atoms with van der Waals surface area (Å²) in [5, 5.41) is 1.53. The molecule has 0 radical (unpaired) electrons. The molecular weight excluding hydrogens is 242 g/mol. The zero-order valence-electron chi connectivity index (χ0n) is 12.1. The van der Waals surface area contributed by atoms with Crippen LogP contribution >= 0.6 is 0 Å². The first kappa shape index (κ1) is 11.2. The number of rotatable bonds is 0. The van der Waals surface area contributed by atoms with E-state index in [0.29, 0.717) is 11.3 Å². The van der Waals surface area contributed by atoms with Gasteiger partial charge in [0.05, 0.1) is 0 Å². The Morgan fingerprint density at radius 1 is 1.10 bits per heavy atom. The topological polar surface area (TPSA) is 4.93 Å². The smallest absolute Gasteiger partial charge is 0.0483 e. The van der Waals surface area contributed by atoms with Gasteiger partial charge in [0.15, 0.2) is 0 Å². The molecule has 1 heterocycles. The fourth-order valence-corrected chi connectivity index (χ4v) is 5.49. The molecule has 2 bridgehead atoms. The molecule has 1 fully saturated rings. The Morgan fingerprint density at radius 2 is 1.90 bits per heavy atom. The zero-order valence-corrected chi connectivity index (χ0v) is 12.1. The minimum absolute atomic E-state index is 0.458. The lowest BCUT2D eigenvalue weighted by atomic mass is 9.63. The molecule has 2 atom stereocenters. The average Bonchev–Trinajstić information content (AvgIpc) is 3.15. The van der Waals surface area contributed by atoms with Gasteiger partial charge in [0, 0.05) is 35.0 Å². The Morgan fingerprint density at radius 3 is 2.75 bits per heavy atom. The third-order valence-electron chi connectivity index (χ3n) is 6.29. The first-order chi connectivity index (χ1) is 9.81. The molecule has 102 valence electrons. The van der Waals surface area contributed by atoms with Crippen molar-refractivity contribution in [1.29, 1.82) is 0 Å². The second-order valence-electron chi connectivity index (χ2n) is 7.03. The number of hydrogen-bond acceptors (Lipinski definition) is 0. The van der Waals surface area contributed by atoms with E-state index in [1.54, 1.807) is 11.3 Å². The van der Waals surface area contributed by atoms with Gasteiger partial charge >= 0.3 is 0 Å². The Bertz CT molecular complexity index is 728. The van der Waals surface area contributed by atoms with E-state index in [1.165, 1.54) is 43.0 Å². The highest BCUT2D eigenvalue weighted by molar-refractivity contribution is 5.88. The van der Waals surface area contributed by atoms with Gasteiger partial charge < -0.3 is 4.57 Å². The number of nitrogens with zero attached hydrogens (tertiary/aromatic N) is 1. The van der Waals surface area contributed by atoms with E-state index in [0.717, 1.165) is 5.92 Å². The lowest BCUT2D eigenvalue weighted by Crippen LogP contribution is -2.35. The molecule has 3 aliphatic carbocycles. The van der Waals surface area contributed by atoms with Crippen molar-refractivity contribution in [2.45, 2.75) is 43.4 Å². The normalized spacial score (nSPS) is 29.4. The minimum Gasteiger partial charge on any atom is -0.347 e. The molecule has 1 spiro atoms. The third-order valence-corrected chi connectivity index (χ3v) is 6.29. The van der Waals surface area contributed by atoms with E-state index in [1.807, 2.05) is 0 Å². The predicted molar refractivity (Wildman–Crippen MR) is 83.1 cm³/mol. The van der Waals surface area contributed by atoms with Crippen LogP contribution in [0.4, 0.5) is 0 Å². The van der Waals surface area contributed by atoms with E-state index in [4.69, 9.17) is 0 Å². The highest BCUT2D eigenvalue weighted by atomic mass is 15.0. The summed E-state index contributed by atoms with van der Waals surface area (Å²) in [5.74, 6) is 1.46. The molecule has 0 amide bonds. The van der Waals surface area contributed by atoms with Crippen molar-refractivity contribution in [1.82, 2.24) is 4.57 Å². The zero-order chi connectivity index (χ0) is 13.3. The highest BCUT2D eigenvalue weighted by Crippen LogP contribution is 2.60. The predicted octanol–water partition coefficient (Wildman–Crippen LogP) is 4.66. The summed E-state index contributed by atoms with van der Waals surface area (Å²) >= 11 is 0. The highest BCUT2D eigenvalue weighted by Gasteiger charge is 2.51. The number of aryl methyl sites for hydroxylation is 1. The molecule has 3 aliphatic rings. The molecule has 5 rings (SSSR count). The van der Waals surface area contributed by atoms with E-state index < -0.39 is 0 Å². The van der Waals surface area contributed by atoms with E-state index in [-0.39, 0.29) is 0 Å². The van der Waals surface area contributed by atoms with Crippen molar-refractivity contribution in [3.8, 4) is 0 Å². The minimum atomic E-state index is 0.458. The van der Waals surface area contributed by atoms with Crippen molar-refractivity contribution in [2.24, 2.45) is 13.0 Å². The fraction of sp³-hybridized carbons (Fsp3) is 0.474. The molecule has 1 aromatic heterocycles. The number of allylic oxidation sites excluding steroid dienone is 2. The molecule has 1 saturated carbocycles. The lowest BCUT2D eigenvalue weighted by Gasteiger charge is -2.40. The molecule has 1 heteroatoms. The largest absolute Gasteiger partial charge is 0.347 e. The van der Waals surface area contributed by atoms with E-state index in [9.17, 15) is 0 Å². The number of fused-ring (bicyclic) bond motifs is 8. The summed E-state index contributed by atoms with van der Waals surface area (Å²) in [7, 11) is 2.27. The average molecular weight is 263 g/mol. The van der Waals surface area contributed by atoms with Gasteiger partial charge in [-0.2, -0.15) is 0 Å². The second kappa shape index (κ2) is 3.58. The summed E-state index contributed by atoms with van der Waals surface area (Å²) in [4.78, 5) is 0. The van der Waals surface area contributed by atoms with Crippen LogP contribution in [0.2, 0.25) is 0 Å². The Kier molecular flexibility index (Phi) is 2.00. The van der Waals surface area contributed by atoms with Gasteiger partial charge in [-0.3, -0.25) is 0 Å². The number of hydrogen-bond donors (Lipinski definition) is 0. The van der Waals surface area contributed by atoms with Gasteiger partial charge in [-0.15, -0.1) is 0 Å². The van der Waals surface area contributed by atoms with Crippen LogP contribution in [-0.2, 0) is 12.5 Å². The van der Waals surface area contributed by atoms with Crippen LogP contribution < -0.4 is 0 Å². The molecule has 0 saturated heterocycles. The molecule has 0 N–H and O–H groups in total. The van der Waals surface area contributed by atoms with Crippen molar-refractivity contribution < 1.29 is 0 Å². The third kappa shape index (κ3) is 1.12.